The van der Waals surface area contributed by atoms with Gasteiger partial charge in [0.25, 0.3) is 6.43 Å². The molecule has 47 heavy (non-hydrogen) atoms. The number of carboxylic acids is 1. The second-order valence-corrected chi connectivity index (χ2v) is 12.4. The van der Waals surface area contributed by atoms with Gasteiger partial charge in [0.1, 0.15) is 29.9 Å². The fourth-order valence-electron chi connectivity index (χ4n) is 5.67. The Balaban J connectivity index is 1.36. The number of alkyl halides is 2. The van der Waals surface area contributed by atoms with Crippen LogP contribution < -0.4 is 4.74 Å². The minimum absolute atomic E-state index is 0.0451. The quantitative estimate of drug-likeness (QED) is 0.158. The summed E-state index contributed by atoms with van der Waals surface area (Å²) in [4.78, 5) is 20.5. The number of pyridine rings is 1. The highest BCUT2D eigenvalue weighted by atomic mass is 35.5. The van der Waals surface area contributed by atoms with Crippen LogP contribution in [0, 0.1) is 22.9 Å². The van der Waals surface area contributed by atoms with Crippen molar-refractivity contribution in [3.63, 3.8) is 0 Å². The first-order valence-electron chi connectivity index (χ1n) is 14.5. The van der Waals surface area contributed by atoms with Crippen LogP contribution in [0.15, 0.2) is 60.7 Å². The molecule has 1 aliphatic rings. The Morgan fingerprint density at radius 2 is 1.79 bits per heavy atom. The van der Waals surface area contributed by atoms with E-state index in [1.807, 2.05) is 18.4 Å². The molecule has 2 aromatic heterocycles. The highest BCUT2D eigenvalue weighted by Crippen LogP contribution is 2.41. The predicted molar refractivity (Wildman–Crippen MR) is 163 cm³/mol. The van der Waals surface area contributed by atoms with Crippen molar-refractivity contribution in [3.05, 3.63) is 111 Å². The summed E-state index contributed by atoms with van der Waals surface area (Å²) in [6.07, 6.45) is -3.16. The van der Waals surface area contributed by atoms with Crippen LogP contribution >= 0.6 is 11.6 Å². The summed E-state index contributed by atoms with van der Waals surface area (Å²) in [5.74, 6) is -3.56. The molecule has 6 rings (SSSR count). The van der Waals surface area contributed by atoms with Crippen molar-refractivity contribution < 1.29 is 41.3 Å². The largest absolute Gasteiger partial charge is 0.478 e. The third-order valence-electron chi connectivity index (χ3n) is 8.20. The van der Waals surface area contributed by atoms with E-state index in [9.17, 15) is 23.1 Å². The zero-order valence-corrected chi connectivity index (χ0v) is 25.8. The van der Waals surface area contributed by atoms with Crippen LogP contribution in [0.1, 0.15) is 59.2 Å². The average Bonchev–Trinajstić information content (AvgIpc) is 3.55. The summed E-state index contributed by atoms with van der Waals surface area (Å²) in [7, 11) is 0. The molecule has 1 unspecified atom stereocenters. The number of imidazole rings is 1. The monoisotopic (exact) mass is 671 g/mol. The minimum Gasteiger partial charge on any atom is -0.478 e. The predicted octanol–water partition coefficient (Wildman–Crippen LogP) is 8.57. The second-order valence-electron chi connectivity index (χ2n) is 12.0. The number of fused-ring (bicyclic) bond motifs is 1. The van der Waals surface area contributed by atoms with Gasteiger partial charge >= 0.3 is 5.97 Å². The van der Waals surface area contributed by atoms with Gasteiger partial charge in [-0.05, 0) is 54.1 Å². The number of nitrogens with zero attached hydrogens (tertiary/aromatic N) is 3. The van der Waals surface area contributed by atoms with Crippen molar-refractivity contribution in [1.29, 1.82) is 0 Å². The number of hydrogen-bond donors (Lipinski definition) is 1. The molecule has 13 heteroatoms. The molecule has 1 saturated heterocycles. The third-order valence-corrected chi connectivity index (χ3v) is 8.44. The van der Waals surface area contributed by atoms with E-state index in [0.29, 0.717) is 30.1 Å². The van der Waals surface area contributed by atoms with E-state index in [1.165, 1.54) is 24.3 Å². The van der Waals surface area contributed by atoms with Crippen molar-refractivity contribution in [2.75, 3.05) is 13.2 Å². The maximum Gasteiger partial charge on any atom is 0.335 e. The number of carboxylic acid groups (broad SMARTS) is 1. The minimum atomic E-state index is -2.99. The molecule has 0 radical (unpaired) electrons. The third kappa shape index (κ3) is 6.52. The number of aromatic nitrogens is 3. The number of ether oxygens (including phenoxy) is 2. The Hall–Kier alpha value is -4.55. The summed E-state index contributed by atoms with van der Waals surface area (Å²) < 4.78 is 86.3. The lowest BCUT2D eigenvalue weighted by atomic mass is 9.87. The lowest BCUT2D eigenvalue weighted by molar-refractivity contribution is 0.0697. The number of rotatable bonds is 9. The molecular formula is C34H27ClF5N3O4. The van der Waals surface area contributed by atoms with E-state index in [0.717, 1.165) is 30.3 Å². The van der Waals surface area contributed by atoms with Gasteiger partial charge in [0.2, 0.25) is 5.88 Å². The fourth-order valence-corrected chi connectivity index (χ4v) is 5.83. The lowest BCUT2D eigenvalue weighted by Gasteiger charge is -2.28. The van der Waals surface area contributed by atoms with E-state index < -0.39 is 35.4 Å². The number of carbonyl (C=O) groups is 1. The van der Waals surface area contributed by atoms with Crippen LogP contribution in [0.25, 0.3) is 22.3 Å². The Labute approximate surface area is 270 Å². The van der Waals surface area contributed by atoms with Gasteiger partial charge in [0, 0.05) is 39.6 Å². The summed E-state index contributed by atoms with van der Waals surface area (Å²) in [5.41, 5.74) is -0.585. The molecule has 1 atom stereocenters. The number of halogens is 6. The molecular weight excluding hydrogens is 645 g/mol. The summed E-state index contributed by atoms with van der Waals surface area (Å²) in [5, 5.41) is 9.74. The summed E-state index contributed by atoms with van der Waals surface area (Å²) in [6, 6.07) is 11.7. The molecule has 7 nitrogen and oxygen atoms in total. The zero-order chi connectivity index (χ0) is 33.6. The van der Waals surface area contributed by atoms with Gasteiger partial charge in [-0.1, -0.05) is 31.5 Å². The lowest BCUT2D eigenvalue weighted by Crippen LogP contribution is -2.27. The van der Waals surface area contributed by atoms with Gasteiger partial charge in [0.15, 0.2) is 0 Å². The maximum absolute atomic E-state index is 15.7. The second kappa shape index (κ2) is 12.6. The van der Waals surface area contributed by atoms with Crippen LogP contribution in [0.2, 0.25) is 5.02 Å². The van der Waals surface area contributed by atoms with Crippen LogP contribution in [-0.2, 0) is 17.8 Å². The summed E-state index contributed by atoms with van der Waals surface area (Å²) >= 11 is 5.77. The fraction of sp³-hybridized carbons (Fsp3) is 0.265. The van der Waals surface area contributed by atoms with Gasteiger partial charge in [0.05, 0.1) is 41.5 Å². The van der Waals surface area contributed by atoms with Gasteiger partial charge in [-0.15, -0.1) is 0 Å². The van der Waals surface area contributed by atoms with Crippen LogP contribution in [-0.4, -0.2) is 38.8 Å². The van der Waals surface area contributed by atoms with Gasteiger partial charge < -0.3 is 19.1 Å². The Bertz CT molecular complexity index is 2020. The number of aromatic carboxylic acids is 1. The molecule has 0 saturated carbocycles. The van der Waals surface area contributed by atoms with Crippen LogP contribution in [0.5, 0.6) is 5.88 Å². The highest BCUT2D eigenvalue weighted by molar-refractivity contribution is 6.30. The standard InChI is InChI=1S/C34H27ClF5N3O4/c1-34(2)16-46-15-29(34)43-28-9-17(33(44)45)4-6-26(28)41-30(43)10-19-7-25(38)22(13-24(19)37)27-8-20(32(39)40)11-31(42-27)47-14-18-3-5-21(35)12-23(18)36/h3-9,11-13,29,32H,10,14-16H2,1-2H3,(H,44,45). The number of hydrogen-bond acceptors (Lipinski definition) is 5. The van der Waals surface area contributed by atoms with E-state index in [2.05, 4.69) is 9.97 Å². The average molecular weight is 672 g/mol. The molecule has 3 heterocycles. The molecule has 0 bridgehead atoms. The van der Waals surface area contributed by atoms with Gasteiger partial charge in [-0.25, -0.2) is 36.7 Å². The first-order valence-corrected chi connectivity index (χ1v) is 14.9. The van der Waals surface area contributed by atoms with Gasteiger partial charge in [-0.2, -0.15) is 0 Å². The number of benzene rings is 3. The topological polar surface area (TPSA) is 86.5 Å². The van der Waals surface area contributed by atoms with Crippen molar-refractivity contribution in [1.82, 2.24) is 14.5 Å². The van der Waals surface area contributed by atoms with Crippen LogP contribution in [0.3, 0.4) is 0 Å². The maximum atomic E-state index is 15.7. The molecule has 1 N–H and O–H groups in total. The van der Waals surface area contributed by atoms with Crippen LogP contribution in [0.4, 0.5) is 22.0 Å². The Morgan fingerprint density at radius 1 is 1.02 bits per heavy atom. The SMILES string of the molecule is CC1(C)COCC1n1c(Cc2cc(F)c(-c3cc(C(F)F)cc(OCc4ccc(Cl)cc4F)n3)cc2F)nc2ccc(C(=O)O)cc21. The molecule has 0 amide bonds. The van der Waals surface area contributed by atoms with Crippen molar-refractivity contribution in [2.45, 2.75) is 39.3 Å². The van der Waals surface area contributed by atoms with E-state index in [-0.39, 0.29) is 63.3 Å². The van der Waals surface area contributed by atoms with Gasteiger partial charge in [-0.3, -0.25) is 0 Å². The molecule has 244 valence electrons. The molecule has 1 fully saturated rings. The summed E-state index contributed by atoms with van der Waals surface area (Å²) in [6.45, 7) is 4.33. The zero-order valence-electron chi connectivity index (χ0n) is 25.0. The first kappa shape index (κ1) is 32.4. The van der Waals surface area contributed by atoms with E-state index >= 15 is 8.78 Å². The van der Waals surface area contributed by atoms with E-state index in [4.69, 9.17) is 21.1 Å². The molecule has 0 spiro atoms. The molecule has 1 aliphatic heterocycles. The first-order chi connectivity index (χ1) is 22.3. The highest BCUT2D eigenvalue weighted by Gasteiger charge is 2.39. The van der Waals surface area contributed by atoms with Crippen molar-refractivity contribution in [2.24, 2.45) is 5.41 Å². The Morgan fingerprint density at radius 3 is 2.47 bits per heavy atom. The smallest absolute Gasteiger partial charge is 0.335 e. The molecule has 5 aromatic rings. The molecule has 0 aliphatic carbocycles. The van der Waals surface area contributed by atoms with Crippen molar-refractivity contribution >= 4 is 28.6 Å². The van der Waals surface area contributed by atoms with Crippen molar-refractivity contribution in [3.8, 4) is 17.1 Å². The normalized spacial score (nSPS) is 15.9. The molecule has 3 aromatic carbocycles. The van der Waals surface area contributed by atoms with E-state index in [1.54, 1.807) is 6.07 Å². The Kier molecular flexibility index (Phi) is 8.66.